The van der Waals surface area contributed by atoms with E-state index in [0.29, 0.717) is 0 Å². The number of hydrogen-bond acceptors (Lipinski definition) is 16. The van der Waals surface area contributed by atoms with Gasteiger partial charge in [-0.2, -0.15) is 0 Å². The lowest BCUT2D eigenvalue weighted by molar-refractivity contribution is -0.318. The van der Waals surface area contributed by atoms with Crippen LogP contribution in [0.3, 0.4) is 0 Å². The fourth-order valence-corrected chi connectivity index (χ4v) is 4.82. The molecule has 0 unspecified atom stereocenters. The molecule has 16 nitrogen and oxygen atoms in total. The molecule has 0 aromatic heterocycles. The number of benzene rings is 2. The highest BCUT2D eigenvalue weighted by Crippen LogP contribution is 2.45. The molecule has 0 saturated carbocycles. The molecule has 5 rings (SSSR count). The highest BCUT2D eigenvalue weighted by Gasteiger charge is 2.47. The van der Waals surface area contributed by atoms with Crippen molar-refractivity contribution in [1.29, 1.82) is 0 Å². The van der Waals surface area contributed by atoms with Crippen LogP contribution in [0.1, 0.15) is 6.92 Å². The Hall–Kier alpha value is -3.71. The zero-order chi connectivity index (χ0) is 31.3. The molecule has 4 aliphatic rings. The molecule has 0 spiro atoms. The molecular formula is C27H30O16. The van der Waals surface area contributed by atoms with E-state index in [1.165, 1.54) is 13.0 Å². The zero-order valence-corrected chi connectivity index (χ0v) is 22.3. The lowest BCUT2D eigenvalue weighted by Crippen LogP contribution is -2.61. The van der Waals surface area contributed by atoms with E-state index in [1.807, 2.05) is 0 Å². The molecule has 0 amide bonds. The Bertz CT molecular complexity index is 1470. The molecule has 43 heavy (non-hydrogen) atoms. The van der Waals surface area contributed by atoms with E-state index in [2.05, 4.69) is 0 Å². The van der Waals surface area contributed by atoms with Crippen LogP contribution in [0.15, 0.2) is 39.5 Å². The Balaban J connectivity index is 1.46. The first-order valence-corrected chi connectivity index (χ1v) is 13.0. The Morgan fingerprint density at radius 3 is 2.02 bits per heavy atom. The van der Waals surface area contributed by atoms with Crippen molar-refractivity contribution < 1.29 is 74.4 Å². The molecule has 2 saturated heterocycles. The summed E-state index contributed by atoms with van der Waals surface area (Å²) in [5.74, 6) is -3.57. The van der Waals surface area contributed by atoms with Crippen LogP contribution < -0.4 is 10.2 Å². The molecule has 1 aromatic carbocycles. The van der Waals surface area contributed by atoms with Gasteiger partial charge in [0, 0.05) is 17.7 Å². The average Bonchev–Trinajstić information content (AvgIpc) is 2.96. The Morgan fingerprint density at radius 2 is 1.35 bits per heavy atom. The van der Waals surface area contributed by atoms with E-state index < -0.39 is 96.4 Å². The molecule has 3 heterocycles. The molecule has 3 aliphatic heterocycles. The van der Waals surface area contributed by atoms with Crippen molar-refractivity contribution in [2.75, 3.05) is 6.61 Å². The van der Waals surface area contributed by atoms with Gasteiger partial charge in [0.2, 0.25) is 6.29 Å². The van der Waals surface area contributed by atoms with Gasteiger partial charge in [-0.05, 0) is 25.1 Å². The van der Waals surface area contributed by atoms with Gasteiger partial charge in [0.25, 0.3) is 0 Å². The second-order valence-electron chi connectivity index (χ2n) is 10.3. The Morgan fingerprint density at radius 1 is 0.721 bits per heavy atom. The minimum absolute atomic E-state index is 0.0327. The summed E-state index contributed by atoms with van der Waals surface area (Å²) in [4.78, 5) is 12.0. The van der Waals surface area contributed by atoms with E-state index in [0.717, 1.165) is 24.3 Å². The van der Waals surface area contributed by atoms with Crippen LogP contribution in [0, 0.1) is 0 Å². The van der Waals surface area contributed by atoms with Crippen molar-refractivity contribution in [3.05, 3.63) is 40.6 Å². The molecule has 2 fully saturated rings. The molecule has 16 heteroatoms. The molecule has 234 valence electrons. The van der Waals surface area contributed by atoms with Crippen molar-refractivity contribution in [2.24, 2.45) is 0 Å². The molecular weight excluding hydrogens is 580 g/mol. The van der Waals surface area contributed by atoms with E-state index >= 15 is 0 Å². The van der Waals surface area contributed by atoms with Crippen LogP contribution in [0.25, 0.3) is 22.6 Å². The molecule has 1 aliphatic carbocycles. The number of rotatable bonds is 6. The van der Waals surface area contributed by atoms with Gasteiger partial charge < -0.3 is 74.4 Å². The number of phenols is 4. The lowest BCUT2D eigenvalue weighted by atomic mass is 9.98. The highest BCUT2D eigenvalue weighted by molar-refractivity contribution is 5.77. The minimum Gasteiger partial charge on any atom is -0.507 e. The normalized spacial score (nSPS) is 33.0. The predicted molar refractivity (Wildman–Crippen MR) is 139 cm³/mol. The first-order valence-electron chi connectivity index (χ1n) is 13.0. The number of aliphatic hydroxyl groups excluding tert-OH is 6. The molecule has 0 radical (unpaired) electrons. The van der Waals surface area contributed by atoms with Crippen LogP contribution in [0.2, 0.25) is 0 Å². The quantitative estimate of drug-likeness (QED) is 0.139. The summed E-state index contributed by atoms with van der Waals surface area (Å²) in [5, 5.41) is 102. The number of ether oxygens (including phenoxy) is 4. The standard InChI is InChI=1S/C27H30O16/c1-8-18(32)21(35)23(37)26(40-8)39-7-17-20(34)22(36)24(38)27(43-17)42-16-6-11-12(29)4-10(28)5-15(11)41-25(16)9-2-13(30)19(33)14(31)3-9/h2-6,8,17-18,20-24,26-27,29-38H,7H2,1H3/t8-,17-,18-,20-,21+,22+,23+,24-,26-,27-/m1/s1. The van der Waals surface area contributed by atoms with Crippen LogP contribution in [-0.2, 0) is 14.2 Å². The molecule has 0 bridgehead atoms. The lowest BCUT2D eigenvalue weighted by Gasteiger charge is -2.42. The second-order valence-corrected chi connectivity index (χ2v) is 10.3. The first kappa shape index (κ1) is 30.7. The van der Waals surface area contributed by atoms with E-state index in [-0.39, 0.29) is 28.4 Å². The molecule has 10 N–H and O–H groups in total. The van der Waals surface area contributed by atoms with Crippen LogP contribution in [-0.4, -0.2) is 119 Å². The third-order valence-electron chi connectivity index (χ3n) is 7.28. The number of aliphatic hydroxyl groups is 6. The summed E-state index contributed by atoms with van der Waals surface area (Å²) >= 11 is 0. The van der Waals surface area contributed by atoms with Gasteiger partial charge in [0.05, 0.1) is 18.3 Å². The first-order chi connectivity index (χ1) is 20.3. The number of fused-ring (bicyclic) bond motifs is 1. The fourth-order valence-electron chi connectivity index (χ4n) is 4.82. The Kier molecular flexibility index (Phi) is 8.41. The predicted octanol–water partition coefficient (Wildman–Crippen LogP) is -1.74. The maximum atomic E-state index is 12.0. The van der Waals surface area contributed by atoms with Crippen molar-refractivity contribution in [3.63, 3.8) is 0 Å². The van der Waals surface area contributed by atoms with Gasteiger partial charge in [0.1, 0.15) is 54.2 Å². The highest BCUT2D eigenvalue weighted by atomic mass is 16.7. The third-order valence-corrected chi connectivity index (χ3v) is 7.28. The van der Waals surface area contributed by atoms with Crippen LogP contribution in [0.5, 0.6) is 28.7 Å². The fraction of sp³-hybridized carbons (Fsp3) is 0.444. The summed E-state index contributed by atoms with van der Waals surface area (Å²) in [5.41, 5.74) is -0.738. The smallest absolute Gasteiger partial charge is 0.229 e. The molecule has 10 atom stereocenters. The van der Waals surface area contributed by atoms with E-state index in [1.54, 1.807) is 0 Å². The van der Waals surface area contributed by atoms with Gasteiger partial charge in [-0.25, -0.2) is 0 Å². The maximum Gasteiger partial charge on any atom is 0.229 e. The van der Waals surface area contributed by atoms with Gasteiger partial charge >= 0.3 is 0 Å². The zero-order valence-electron chi connectivity index (χ0n) is 22.3. The van der Waals surface area contributed by atoms with Crippen molar-refractivity contribution in [1.82, 2.24) is 0 Å². The van der Waals surface area contributed by atoms with Gasteiger partial charge in [-0.3, -0.25) is 4.79 Å². The summed E-state index contributed by atoms with van der Waals surface area (Å²) in [6, 6.07) is 5.10. The Labute approximate surface area is 241 Å². The average molecular weight is 611 g/mol. The van der Waals surface area contributed by atoms with Gasteiger partial charge in [0.15, 0.2) is 40.5 Å². The minimum atomic E-state index is -1.89. The topological polar surface area (TPSA) is 269 Å². The third kappa shape index (κ3) is 5.79. The summed E-state index contributed by atoms with van der Waals surface area (Å²) in [7, 11) is 0. The van der Waals surface area contributed by atoms with Crippen LogP contribution >= 0.6 is 0 Å². The summed E-state index contributed by atoms with van der Waals surface area (Å²) < 4.78 is 28.0. The second kappa shape index (κ2) is 11.8. The summed E-state index contributed by atoms with van der Waals surface area (Å²) in [6.07, 6.45) is -15.7. The van der Waals surface area contributed by atoms with Gasteiger partial charge in [-0.1, -0.05) is 0 Å². The van der Waals surface area contributed by atoms with Crippen molar-refractivity contribution in [3.8, 4) is 51.4 Å². The van der Waals surface area contributed by atoms with E-state index in [9.17, 15) is 55.9 Å². The van der Waals surface area contributed by atoms with Gasteiger partial charge in [-0.15, -0.1) is 0 Å². The SMILES string of the molecule is C[C@H]1O[C@@H](OC[C@H]2O[C@@H](Oc3cc4c(O)cc(=O)cc-4oc3-c3cc(O)c(O)c(O)c3)[C@H](O)[C@@H](O)[C@@H]2O)[C@@H](O)[C@@H](O)[C@@H]1O. The van der Waals surface area contributed by atoms with Crippen molar-refractivity contribution >= 4 is 0 Å². The number of phenolic OH excluding ortho intramolecular Hbond substituents is 4. The number of aromatic hydroxyl groups is 4. The van der Waals surface area contributed by atoms with Crippen molar-refractivity contribution in [2.45, 2.75) is 68.3 Å². The maximum absolute atomic E-state index is 12.0. The number of hydrogen-bond donors (Lipinski definition) is 10. The molecule has 1 aromatic rings. The van der Waals surface area contributed by atoms with E-state index in [4.69, 9.17) is 23.4 Å². The largest absolute Gasteiger partial charge is 0.507 e. The summed E-state index contributed by atoms with van der Waals surface area (Å²) in [6.45, 7) is 0.866. The monoisotopic (exact) mass is 610 g/mol. The van der Waals surface area contributed by atoms with Crippen LogP contribution in [0.4, 0.5) is 0 Å².